The molecule has 0 aliphatic heterocycles. The predicted molar refractivity (Wildman–Crippen MR) is 114 cm³/mol. The molecule has 0 saturated carbocycles. The smallest absolute Gasteiger partial charge is 0.271 e. The van der Waals surface area contributed by atoms with Crippen molar-refractivity contribution in [2.45, 2.75) is 13.1 Å². The average Bonchev–Trinajstić information content (AvgIpc) is 3.20. The molecule has 4 rings (SSSR count). The summed E-state index contributed by atoms with van der Waals surface area (Å²) >= 11 is 1.26. The van der Waals surface area contributed by atoms with E-state index in [1.165, 1.54) is 34.4 Å². The lowest BCUT2D eigenvalue weighted by Gasteiger charge is -2.10. The van der Waals surface area contributed by atoms with E-state index in [0.717, 1.165) is 16.7 Å². The number of rotatable bonds is 6. The number of carbonyl (C=O) groups excluding carboxylic acids is 1. The van der Waals surface area contributed by atoms with E-state index in [0.29, 0.717) is 22.5 Å². The van der Waals surface area contributed by atoms with E-state index in [4.69, 9.17) is 4.74 Å². The van der Waals surface area contributed by atoms with Crippen molar-refractivity contribution in [3.8, 4) is 16.9 Å². The number of ether oxygens (including phenoxy) is 1. The summed E-state index contributed by atoms with van der Waals surface area (Å²) in [6, 6.07) is 13.4. The van der Waals surface area contributed by atoms with Crippen LogP contribution >= 0.6 is 11.3 Å². The second kappa shape index (κ2) is 8.46. The Kier molecular flexibility index (Phi) is 5.58. The van der Waals surface area contributed by atoms with Crippen LogP contribution in [0.3, 0.4) is 0 Å². The zero-order valence-electron chi connectivity index (χ0n) is 16.1. The zero-order chi connectivity index (χ0) is 21.1. The molecule has 0 unspecified atom stereocenters. The Morgan fingerprint density at radius 1 is 1.20 bits per heavy atom. The highest BCUT2D eigenvalue weighted by Gasteiger charge is 2.14. The zero-order valence-corrected chi connectivity index (χ0v) is 16.9. The van der Waals surface area contributed by atoms with E-state index in [-0.39, 0.29) is 23.8 Å². The minimum absolute atomic E-state index is 0.138. The molecule has 6 nitrogen and oxygen atoms in total. The van der Waals surface area contributed by atoms with Crippen LogP contribution in [0.15, 0.2) is 65.0 Å². The van der Waals surface area contributed by atoms with Crippen LogP contribution in [0.5, 0.6) is 5.75 Å². The van der Waals surface area contributed by atoms with E-state index in [2.05, 4.69) is 10.3 Å². The molecular formula is C22H18FN3O3S. The molecule has 30 heavy (non-hydrogen) atoms. The molecule has 0 radical (unpaired) electrons. The first kappa shape index (κ1) is 19.8. The highest BCUT2D eigenvalue weighted by atomic mass is 32.1. The lowest BCUT2D eigenvalue weighted by atomic mass is 10.1. The molecule has 4 aromatic rings. The van der Waals surface area contributed by atoms with Crippen molar-refractivity contribution in [3.63, 3.8) is 0 Å². The highest BCUT2D eigenvalue weighted by molar-refractivity contribution is 7.17. The van der Waals surface area contributed by atoms with Crippen LogP contribution in [-0.2, 0) is 17.9 Å². The maximum absolute atomic E-state index is 13.2. The number of aromatic nitrogens is 2. The van der Waals surface area contributed by atoms with Crippen LogP contribution in [0.1, 0.15) is 5.56 Å². The molecule has 8 heteroatoms. The number of fused-ring (bicyclic) bond motifs is 1. The normalized spacial score (nSPS) is 10.9. The molecule has 0 fully saturated rings. The molecule has 0 atom stereocenters. The fraction of sp³-hybridized carbons (Fsp3) is 0.136. The van der Waals surface area contributed by atoms with Gasteiger partial charge < -0.3 is 10.1 Å². The van der Waals surface area contributed by atoms with Crippen molar-refractivity contribution in [3.05, 3.63) is 82.0 Å². The fourth-order valence-electron chi connectivity index (χ4n) is 3.14. The Hall–Kier alpha value is -3.52. The molecule has 152 valence electrons. The summed E-state index contributed by atoms with van der Waals surface area (Å²) in [4.78, 5) is 29.6. The maximum atomic E-state index is 13.2. The van der Waals surface area contributed by atoms with Gasteiger partial charge in [-0.25, -0.2) is 9.37 Å². The van der Waals surface area contributed by atoms with E-state index in [1.807, 2.05) is 29.6 Å². The van der Waals surface area contributed by atoms with Gasteiger partial charge in [0.25, 0.3) is 5.56 Å². The van der Waals surface area contributed by atoms with Gasteiger partial charge in [-0.2, -0.15) is 0 Å². The Balaban J connectivity index is 1.52. The lowest BCUT2D eigenvalue weighted by Crippen LogP contribution is -2.32. The molecule has 0 saturated heterocycles. The van der Waals surface area contributed by atoms with Crippen molar-refractivity contribution in [2.24, 2.45) is 0 Å². The number of benzene rings is 2. The minimum atomic E-state index is -0.326. The van der Waals surface area contributed by atoms with Crippen LogP contribution in [0.25, 0.3) is 21.3 Å². The number of hydrogen-bond acceptors (Lipinski definition) is 5. The number of nitrogens with zero attached hydrogens (tertiary/aromatic N) is 2. The fourth-order valence-corrected chi connectivity index (χ4v) is 4.12. The van der Waals surface area contributed by atoms with Gasteiger partial charge >= 0.3 is 0 Å². The number of amides is 1. The van der Waals surface area contributed by atoms with E-state index in [1.54, 1.807) is 19.2 Å². The molecule has 2 aromatic heterocycles. The number of nitrogens with one attached hydrogen (secondary N) is 1. The van der Waals surface area contributed by atoms with E-state index >= 15 is 0 Å². The van der Waals surface area contributed by atoms with Gasteiger partial charge in [0.1, 0.15) is 22.8 Å². The molecule has 0 aliphatic rings. The Morgan fingerprint density at radius 2 is 1.97 bits per heavy atom. The summed E-state index contributed by atoms with van der Waals surface area (Å²) in [5.41, 5.74) is 2.64. The third kappa shape index (κ3) is 3.95. The van der Waals surface area contributed by atoms with Gasteiger partial charge in [-0.05, 0) is 23.8 Å². The molecule has 0 aliphatic carbocycles. The summed E-state index contributed by atoms with van der Waals surface area (Å²) in [7, 11) is 1.57. The minimum Gasteiger partial charge on any atom is -0.496 e. The summed E-state index contributed by atoms with van der Waals surface area (Å²) < 4.78 is 20.2. The van der Waals surface area contributed by atoms with Crippen molar-refractivity contribution in [2.75, 3.05) is 7.11 Å². The summed E-state index contributed by atoms with van der Waals surface area (Å²) in [6.07, 6.45) is 1.37. The van der Waals surface area contributed by atoms with Gasteiger partial charge in [-0.15, -0.1) is 11.3 Å². The van der Waals surface area contributed by atoms with Crippen molar-refractivity contribution >= 4 is 27.5 Å². The van der Waals surface area contributed by atoms with Crippen molar-refractivity contribution in [1.82, 2.24) is 14.9 Å². The average molecular weight is 423 g/mol. The molecule has 1 amide bonds. The van der Waals surface area contributed by atoms with Gasteiger partial charge in [0.15, 0.2) is 0 Å². The largest absolute Gasteiger partial charge is 0.496 e. The summed E-state index contributed by atoms with van der Waals surface area (Å²) in [5, 5.41) is 4.61. The first-order valence-electron chi connectivity index (χ1n) is 9.18. The Morgan fingerprint density at radius 3 is 2.73 bits per heavy atom. The van der Waals surface area contributed by atoms with Crippen molar-refractivity contribution < 1.29 is 13.9 Å². The van der Waals surface area contributed by atoms with Gasteiger partial charge in [0, 0.05) is 23.1 Å². The maximum Gasteiger partial charge on any atom is 0.271 e. The van der Waals surface area contributed by atoms with Crippen LogP contribution in [0, 0.1) is 5.82 Å². The second-order valence-corrected chi connectivity index (χ2v) is 7.48. The second-order valence-electron chi connectivity index (χ2n) is 6.60. The van der Waals surface area contributed by atoms with Gasteiger partial charge in [-0.1, -0.05) is 30.3 Å². The highest BCUT2D eigenvalue weighted by Crippen LogP contribution is 2.30. The number of para-hydroxylation sites is 1. The monoisotopic (exact) mass is 423 g/mol. The van der Waals surface area contributed by atoms with Gasteiger partial charge in [-0.3, -0.25) is 14.2 Å². The van der Waals surface area contributed by atoms with Gasteiger partial charge in [0.05, 0.1) is 19.0 Å². The van der Waals surface area contributed by atoms with Crippen LogP contribution in [-0.4, -0.2) is 22.6 Å². The standard InChI is InChI=1S/C22H18FN3O3S/c1-29-18-5-3-2-4-15(18)10-24-19(27)11-26-13-25-20-17(12-30-21(20)22(26)28)14-6-8-16(23)9-7-14/h2-9,12-13H,10-11H2,1H3,(H,24,27). The topological polar surface area (TPSA) is 73.2 Å². The molecule has 1 N–H and O–H groups in total. The third-order valence-electron chi connectivity index (χ3n) is 4.68. The molecule has 0 spiro atoms. The van der Waals surface area contributed by atoms with Crippen molar-refractivity contribution in [1.29, 1.82) is 0 Å². The van der Waals surface area contributed by atoms with E-state index < -0.39 is 0 Å². The molecule has 0 bridgehead atoms. The Labute approximate surface area is 175 Å². The summed E-state index contributed by atoms with van der Waals surface area (Å²) in [5.74, 6) is 0.0529. The third-order valence-corrected chi connectivity index (χ3v) is 5.64. The summed E-state index contributed by atoms with van der Waals surface area (Å²) in [6.45, 7) is 0.154. The van der Waals surface area contributed by atoms with Gasteiger partial charge in [0.2, 0.25) is 5.91 Å². The first-order chi connectivity index (χ1) is 14.6. The lowest BCUT2D eigenvalue weighted by molar-refractivity contribution is -0.121. The van der Waals surface area contributed by atoms with Crippen LogP contribution in [0.4, 0.5) is 4.39 Å². The predicted octanol–water partition coefficient (Wildman–Crippen LogP) is 3.59. The quantitative estimate of drug-likeness (QED) is 0.514. The molecular weight excluding hydrogens is 405 g/mol. The van der Waals surface area contributed by atoms with Crippen LogP contribution in [0.2, 0.25) is 0 Å². The van der Waals surface area contributed by atoms with Crippen LogP contribution < -0.4 is 15.6 Å². The molecule has 2 aromatic carbocycles. The number of halogens is 1. The van der Waals surface area contributed by atoms with E-state index in [9.17, 15) is 14.0 Å². The Bertz CT molecular complexity index is 1260. The number of carbonyl (C=O) groups is 1. The SMILES string of the molecule is COc1ccccc1CNC(=O)Cn1cnc2c(-c3ccc(F)cc3)csc2c1=O. The number of methoxy groups -OCH3 is 1. The first-order valence-corrected chi connectivity index (χ1v) is 10.1. The number of hydrogen-bond donors (Lipinski definition) is 1. The number of thiophene rings is 1. The molecule has 2 heterocycles.